The highest BCUT2D eigenvalue weighted by molar-refractivity contribution is 6.32. The van der Waals surface area contributed by atoms with Crippen LogP contribution in [0.25, 0.3) is 11.5 Å². The lowest BCUT2D eigenvalue weighted by Gasteiger charge is -2.18. The molecule has 4 aromatic heterocycles. The van der Waals surface area contributed by atoms with Gasteiger partial charge in [-0.1, -0.05) is 23.2 Å². The van der Waals surface area contributed by atoms with E-state index in [-0.39, 0.29) is 17.7 Å². The van der Waals surface area contributed by atoms with Crippen LogP contribution in [0.5, 0.6) is 0 Å². The second kappa shape index (κ2) is 7.20. The van der Waals surface area contributed by atoms with E-state index in [0.29, 0.717) is 33.7 Å². The van der Waals surface area contributed by atoms with Crippen LogP contribution >= 0.6 is 23.2 Å². The highest BCUT2D eigenvalue weighted by Gasteiger charge is 2.36. The van der Waals surface area contributed by atoms with E-state index in [0.717, 1.165) is 0 Å². The third-order valence-electron chi connectivity index (χ3n) is 4.63. The Morgan fingerprint density at radius 2 is 2.00 bits per heavy atom. The lowest BCUT2D eigenvalue weighted by atomic mass is 10.3. The van der Waals surface area contributed by atoms with E-state index in [4.69, 9.17) is 27.9 Å². The van der Waals surface area contributed by atoms with Crippen molar-refractivity contribution in [1.82, 2.24) is 34.6 Å². The van der Waals surface area contributed by atoms with Crippen LogP contribution < -0.4 is 10.2 Å². The van der Waals surface area contributed by atoms with Crippen LogP contribution in [-0.2, 0) is 4.74 Å². The molecule has 0 spiro atoms. The summed E-state index contributed by atoms with van der Waals surface area (Å²) in [5.41, 5.74) is 2.25. The number of fused-ring (bicyclic) bond motifs is 3. The molecule has 1 N–H and O–H groups in total. The monoisotopic (exact) mass is 445 g/mol. The fraction of sp³-hybridized carbons (Fsp3) is 0.176. The molecule has 2 amide bonds. The number of rotatable bonds is 3. The number of ether oxygens (including phenoxy) is 1. The van der Waals surface area contributed by atoms with Crippen LogP contribution in [-0.4, -0.2) is 54.3 Å². The number of pyridine rings is 1. The molecular formula is C17H13Cl2N9O2. The first kappa shape index (κ1) is 18.7. The van der Waals surface area contributed by atoms with Gasteiger partial charge in [-0.3, -0.25) is 4.90 Å². The molecule has 5 heterocycles. The predicted molar refractivity (Wildman–Crippen MR) is 108 cm³/mol. The fourth-order valence-corrected chi connectivity index (χ4v) is 3.73. The molecule has 0 bridgehead atoms. The Morgan fingerprint density at radius 1 is 1.20 bits per heavy atom. The molecule has 5 rings (SSSR count). The zero-order chi connectivity index (χ0) is 20.8. The molecule has 30 heavy (non-hydrogen) atoms. The third-order valence-corrected chi connectivity index (χ3v) is 5.09. The van der Waals surface area contributed by atoms with Gasteiger partial charge in [-0.05, 0) is 6.07 Å². The van der Waals surface area contributed by atoms with Crippen molar-refractivity contribution in [3.63, 3.8) is 0 Å². The van der Waals surface area contributed by atoms with Gasteiger partial charge >= 0.3 is 6.03 Å². The maximum atomic E-state index is 13.0. The molecule has 0 aromatic carbocycles. The minimum absolute atomic E-state index is 0.284. The number of nitrogens with zero attached hydrogens (tertiary/aromatic N) is 8. The zero-order valence-electron chi connectivity index (χ0n) is 15.4. The van der Waals surface area contributed by atoms with Gasteiger partial charge in [-0.15, -0.1) is 4.80 Å². The van der Waals surface area contributed by atoms with Crippen LogP contribution in [0.4, 0.5) is 16.2 Å². The van der Waals surface area contributed by atoms with E-state index < -0.39 is 6.03 Å². The van der Waals surface area contributed by atoms with Gasteiger partial charge in [0.05, 0.1) is 47.7 Å². The summed E-state index contributed by atoms with van der Waals surface area (Å²) in [7, 11) is 1.57. The number of urea groups is 1. The Bertz CT molecular complexity index is 1260. The lowest BCUT2D eigenvalue weighted by molar-refractivity contribution is 0.112. The van der Waals surface area contributed by atoms with Gasteiger partial charge in [-0.25, -0.2) is 19.3 Å². The van der Waals surface area contributed by atoms with Crippen molar-refractivity contribution in [3.8, 4) is 5.82 Å². The van der Waals surface area contributed by atoms with Crippen molar-refractivity contribution >= 4 is 46.3 Å². The van der Waals surface area contributed by atoms with Crippen molar-refractivity contribution < 1.29 is 9.53 Å². The van der Waals surface area contributed by atoms with Crippen LogP contribution in [0.1, 0.15) is 11.8 Å². The topological polar surface area (TPSA) is 115 Å². The van der Waals surface area contributed by atoms with Crippen molar-refractivity contribution in [2.24, 2.45) is 0 Å². The summed E-state index contributed by atoms with van der Waals surface area (Å²) < 4.78 is 7.15. The highest BCUT2D eigenvalue weighted by Crippen LogP contribution is 2.37. The van der Waals surface area contributed by atoms with E-state index in [9.17, 15) is 4.79 Å². The Balaban J connectivity index is 1.44. The molecular weight excluding hydrogens is 433 g/mol. The van der Waals surface area contributed by atoms with Gasteiger partial charge in [0.15, 0.2) is 16.6 Å². The number of hydrogen-bond acceptors (Lipinski definition) is 7. The van der Waals surface area contributed by atoms with Gasteiger partial charge < -0.3 is 10.1 Å². The van der Waals surface area contributed by atoms with E-state index in [2.05, 4.69) is 30.6 Å². The van der Waals surface area contributed by atoms with Gasteiger partial charge in [0.25, 0.3) is 0 Å². The summed E-state index contributed by atoms with van der Waals surface area (Å²) in [5, 5.41) is 15.6. The van der Waals surface area contributed by atoms with Crippen LogP contribution in [0, 0.1) is 0 Å². The van der Waals surface area contributed by atoms with E-state index >= 15 is 0 Å². The molecule has 4 aromatic rings. The van der Waals surface area contributed by atoms with Crippen molar-refractivity contribution in [2.75, 3.05) is 23.9 Å². The van der Waals surface area contributed by atoms with Gasteiger partial charge in [0, 0.05) is 13.2 Å². The van der Waals surface area contributed by atoms with E-state index in [1.807, 2.05) is 0 Å². The summed E-state index contributed by atoms with van der Waals surface area (Å²) >= 11 is 12.3. The Kier molecular flexibility index (Phi) is 4.50. The number of aromatic nitrogens is 7. The molecule has 0 fully saturated rings. The van der Waals surface area contributed by atoms with Crippen LogP contribution in [0.3, 0.4) is 0 Å². The maximum Gasteiger partial charge on any atom is 0.326 e. The first-order valence-corrected chi connectivity index (χ1v) is 9.48. The average Bonchev–Trinajstić information content (AvgIpc) is 3.45. The molecule has 1 unspecified atom stereocenters. The molecule has 0 radical (unpaired) electrons. The molecule has 1 aliphatic heterocycles. The average molecular weight is 446 g/mol. The van der Waals surface area contributed by atoms with Crippen LogP contribution in [0.15, 0.2) is 36.9 Å². The molecule has 1 atom stereocenters. The number of carbonyl (C=O) groups is 1. The first-order chi connectivity index (χ1) is 14.5. The molecule has 0 saturated carbocycles. The normalized spacial score (nSPS) is 15.6. The number of halogens is 2. The summed E-state index contributed by atoms with van der Waals surface area (Å²) in [6.07, 6.45) is 5.72. The Morgan fingerprint density at radius 3 is 2.73 bits per heavy atom. The molecule has 1 aliphatic rings. The highest BCUT2D eigenvalue weighted by atomic mass is 35.5. The minimum atomic E-state index is -0.391. The van der Waals surface area contributed by atoms with Crippen molar-refractivity contribution in [2.45, 2.75) is 6.10 Å². The number of anilines is 2. The first-order valence-electron chi connectivity index (χ1n) is 8.73. The Hall–Kier alpha value is -3.28. The largest absolute Gasteiger partial charge is 0.373 e. The molecule has 0 saturated heterocycles. The second-order valence-electron chi connectivity index (χ2n) is 6.38. The van der Waals surface area contributed by atoms with Gasteiger partial charge in [0.1, 0.15) is 11.8 Å². The summed E-state index contributed by atoms with van der Waals surface area (Å²) in [6.45, 7) is 0.284. The molecule has 152 valence electrons. The summed E-state index contributed by atoms with van der Waals surface area (Å²) in [5.74, 6) is 0.354. The fourth-order valence-electron chi connectivity index (χ4n) is 3.32. The zero-order valence-corrected chi connectivity index (χ0v) is 16.9. The number of hydrogen-bond donors (Lipinski definition) is 1. The van der Waals surface area contributed by atoms with Gasteiger partial charge in [-0.2, -0.15) is 15.3 Å². The quantitative estimate of drug-likeness (QED) is 0.515. The van der Waals surface area contributed by atoms with E-state index in [1.54, 1.807) is 30.0 Å². The van der Waals surface area contributed by atoms with Crippen molar-refractivity contribution in [1.29, 1.82) is 0 Å². The Labute approximate surface area is 179 Å². The van der Waals surface area contributed by atoms with E-state index in [1.165, 1.54) is 28.3 Å². The smallest absolute Gasteiger partial charge is 0.326 e. The number of methoxy groups -OCH3 is 1. The predicted octanol–water partition coefficient (Wildman–Crippen LogP) is 2.75. The molecule has 11 nitrogen and oxygen atoms in total. The van der Waals surface area contributed by atoms with Crippen molar-refractivity contribution in [3.05, 3.63) is 52.8 Å². The lowest BCUT2D eigenvalue weighted by Crippen LogP contribution is -2.34. The molecule has 0 aliphatic carbocycles. The molecule has 13 heteroatoms. The summed E-state index contributed by atoms with van der Waals surface area (Å²) in [6, 6.07) is 2.82. The standard InChI is InChI=1S/C17H13Cl2N9O2/c1-30-12-8-26(11-7-20-14-5-13(19)25-27(14)15(11)12)17(29)24-9-4-10(18)16(21-6-9)28-22-2-3-23-28/h2-7,12H,8H2,1H3,(H,24,29). The number of amides is 2. The number of nitrogens with one attached hydrogen (secondary N) is 1. The second-order valence-corrected chi connectivity index (χ2v) is 7.17. The van der Waals surface area contributed by atoms with Crippen LogP contribution in [0.2, 0.25) is 10.2 Å². The minimum Gasteiger partial charge on any atom is -0.373 e. The third kappa shape index (κ3) is 3.03. The maximum absolute atomic E-state index is 13.0. The van der Waals surface area contributed by atoms with Gasteiger partial charge in [0.2, 0.25) is 0 Å². The number of carbonyl (C=O) groups excluding carboxylic acids is 1. The summed E-state index contributed by atoms with van der Waals surface area (Å²) in [4.78, 5) is 24.3. The SMILES string of the molecule is COC1CN(C(=O)Nc2cnc(-n3nccn3)c(Cl)c2)c2cnc3cc(Cl)nn3c21.